The van der Waals surface area contributed by atoms with E-state index in [1.54, 1.807) is 23.7 Å². The molecule has 0 spiro atoms. The summed E-state index contributed by atoms with van der Waals surface area (Å²) in [5.74, 6) is -0.727. The summed E-state index contributed by atoms with van der Waals surface area (Å²) in [7, 11) is 2.82. The highest BCUT2D eigenvalue weighted by Crippen LogP contribution is 2.38. The maximum atomic E-state index is 12.6. The largest absolute Gasteiger partial charge is 0.502 e. The maximum Gasteiger partial charge on any atom is 0.256 e. The van der Waals surface area contributed by atoms with Crippen LogP contribution < -0.4 is 15.0 Å². The van der Waals surface area contributed by atoms with E-state index in [0.717, 1.165) is 12.8 Å². The van der Waals surface area contributed by atoms with E-state index in [-0.39, 0.29) is 41.9 Å². The lowest BCUT2D eigenvalue weighted by atomic mass is 10.1. The highest BCUT2D eigenvalue weighted by atomic mass is 16.5. The highest BCUT2D eigenvalue weighted by molar-refractivity contribution is 6.15. The third-order valence-corrected chi connectivity index (χ3v) is 4.67. The van der Waals surface area contributed by atoms with Crippen molar-refractivity contribution in [3.63, 3.8) is 0 Å². The summed E-state index contributed by atoms with van der Waals surface area (Å²) in [5.41, 5.74) is 2.53. The average Bonchev–Trinajstić information content (AvgIpc) is 2.98. The Morgan fingerprint density at radius 2 is 1.76 bits per heavy atom. The second kappa shape index (κ2) is 10.5. The fraction of sp³-hybridized carbons (Fsp3) is 0.450. The topological polar surface area (TPSA) is 125 Å². The third-order valence-electron chi connectivity index (χ3n) is 4.67. The highest BCUT2D eigenvalue weighted by Gasteiger charge is 2.33. The molecule has 1 aliphatic heterocycles. The van der Waals surface area contributed by atoms with Gasteiger partial charge in [0.1, 0.15) is 0 Å². The molecule has 1 aromatic carbocycles. The van der Waals surface area contributed by atoms with Crippen molar-refractivity contribution in [2.24, 2.45) is 0 Å². The fourth-order valence-corrected chi connectivity index (χ4v) is 3.12. The van der Waals surface area contributed by atoms with Crippen LogP contribution in [0.2, 0.25) is 0 Å². The fourth-order valence-electron chi connectivity index (χ4n) is 3.12. The Labute approximate surface area is 168 Å². The van der Waals surface area contributed by atoms with Gasteiger partial charge in [-0.15, -0.1) is 0 Å². The van der Waals surface area contributed by atoms with Crippen LogP contribution in [0.1, 0.15) is 44.1 Å². The molecule has 1 heterocycles. The van der Waals surface area contributed by atoms with E-state index in [0.29, 0.717) is 30.5 Å². The van der Waals surface area contributed by atoms with Crippen LogP contribution in [0.5, 0.6) is 17.2 Å². The molecule has 9 heteroatoms. The molecule has 0 unspecified atom stereocenters. The first-order chi connectivity index (χ1) is 13.9. The monoisotopic (exact) mass is 406 g/mol. The van der Waals surface area contributed by atoms with Crippen LogP contribution in [0.15, 0.2) is 17.7 Å². The molecule has 1 fully saturated rings. The van der Waals surface area contributed by atoms with Gasteiger partial charge in [-0.25, -0.2) is 5.48 Å². The summed E-state index contributed by atoms with van der Waals surface area (Å²) in [6.45, 7) is 0.323. The Balaban J connectivity index is 1.97. The molecule has 3 N–H and O–H groups in total. The number of rotatable bonds is 10. The van der Waals surface area contributed by atoms with Gasteiger partial charge in [0.05, 0.1) is 20.6 Å². The number of carbonyl (C=O) groups excluding carboxylic acids is 3. The molecule has 0 bridgehead atoms. The Hall–Kier alpha value is -3.07. The minimum absolute atomic E-state index is 0.0149. The van der Waals surface area contributed by atoms with Crippen molar-refractivity contribution in [2.75, 3.05) is 20.8 Å². The average molecular weight is 406 g/mol. The molecule has 158 valence electrons. The summed E-state index contributed by atoms with van der Waals surface area (Å²) in [6, 6.07) is 3.13. The van der Waals surface area contributed by atoms with Crippen LogP contribution in [0.3, 0.4) is 0 Å². The molecule has 0 saturated carbocycles. The van der Waals surface area contributed by atoms with Crippen LogP contribution in [0.25, 0.3) is 6.08 Å². The number of hydrogen-bond acceptors (Lipinski definition) is 7. The number of hydrogen-bond donors (Lipinski definition) is 3. The molecule has 1 saturated heterocycles. The van der Waals surface area contributed by atoms with Crippen molar-refractivity contribution in [3.8, 4) is 17.2 Å². The normalized spacial score (nSPS) is 15.1. The Kier molecular flexibility index (Phi) is 8.02. The van der Waals surface area contributed by atoms with Gasteiger partial charge in [0, 0.05) is 18.5 Å². The van der Waals surface area contributed by atoms with Crippen molar-refractivity contribution in [1.29, 1.82) is 0 Å². The summed E-state index contributed by atoms with van der Waals surface area (Å²) in [4.78, 5) is 37.0. The van der Waals surface area contributed by atoms with E-state index in [1.165, 1.54) is 19.1 Å². The molecular formula is C20H26N2O7. The zero-order chi connectivity index (χ0) is 21.4. The number of aromatic hydroxyl groups is 1. The molecule has 29 heavy (non-hydrogen) atoms. The van der Waals surface area contributed by atoms with Crippen molar-refractivity contribution in [1.82, 2.24) is 10.4 Å². The van der Waals surface area contributed by atoms with Gasteiger partial charge in [0.25, 0.3) is 5.91 Å². The number of benzene rings is 1. The smallest absolute Gasteiger partial charge is 0.256 e. The quantitative estimate of drug-likeness (QED) is 0.178. The Morgan fingerprint density at radius 1 is 1.14 bits per heavy atom. The molecule has 3 amide bonds. The van der Waals surface area contributed by atoms with Gasteiger partial charge in [-0.3, -0.25) is 24.5 Å². The predicted molar refractivity (Wildman–Crippen MR) is 104 cm³/mol. The third kappa shape index (κ3) is 5.71. The Morgan fingerprint density at radius 3 is 2.34 bits per heavy atom. The number of phenolic OH excluding ortho intramolecular Hbond substituents is 1. The minimum Gasteiger partial charge on any atom is -0.502 e. The first-order valence-electron chi connectivity index (χ1n) is 9.34. The van der Waals surface area contributed by atoms with Crippen LogP contribution in [-0.4, -0.2) is 53.7 Å². The SMILES string of the molecule is COc1cc(C=C2CC(=O)N(CCCCCCC(=O)NO)C2=O)cc(OC)c1O. The zero-order valence-corrected chi connectivity index (χ0v) is 16.6. The zero-order valence-electron chi connectivity index (χ0n) is 16.6. The molecule has 2 rings (SSSR count). The summed E-state index contributed by atoms with van der Waals surface area (Å²) in [6.07, 6.45) is 4.65. The van der Waals surface area contributed by atoms with E-state index in [1.807, 2.05) is 0 Å². The molecular weight excluding hydrogens is 380 g/mol. The molecule has 1 aromatic rings. The number of methoxy groups -OCH3 is 2. The maximum absolute atomic E-state index is 12.6. The van der Waals surface area contributed by atoms with Gasteiger partial charge in [-0.2, -0.15) is 0 Å². The van der Waals surface area contributed by atoms with E-state index in [9.17, 15) is 19.5 Å². The number of ether oxygens (including phenoxy) is 2. The number of carbonyl (C=O) groups is 3. The second-order valence-electron chi connectivity index (χ2n) is 6.67. The summed E-state index contributed by atoms with van der Waals surface area (Å²) < 4.78 is 10.2. The number of phenols is 1. The van der Waals surface area contributed by atoms with E-state index < -0.39 is 5.91 Å². The number of amides is 3. The number of nitrogens with zero attached hydrogens (tertiary/aromatic N) is 1. The first-order valence-corrected chi connectivity index (χ1v) is 9.34. The standard InChI is InChI=1S/C20H26N2O7/c1-28-15-10-13(11-16(29-2)19(15)25)9-14-12-18(24)22(20(14)26)8-6-4-3-5-7-17(23)21-27/h9-11,25,27H,3-8,12H2,1-2H3,(H,21,23). The van der Waals surface area contributed by atoms with Crippen molar-refractivity contribution >= 4 is 23.8 Å². The molecule has 1 aliphatic rings. The summed E-state index contributed by atoms with van der Waals surface area (Å²) >= 11 is 0. The molecule has 0 aliphatic carbocycles. The van der Waals surface area contributed by atoms with E-state index in [2.05, 4.69) is 0 Å². The van der Waals surface area contributed by atoms with Gasteiger partial charge in [-0.05, 0) is 36.6 Å². The molecule has 9 nitrogen and oxygen atoms in total. The van der Waals surface area contributed by atoms with Crippen LogP contribution in [-0.2, 0) is 14.4 Å². The van der Waals surface area contributed by atoms with Gasteiger partial charge < -0.3 is 14.6 Å². The van der Waals surface area contributed by atoms with Crippen LogP contribution in [0, 0.1) is 0 Å². The van der Waals surface area contributed by atoms with Gasteiger partial charge in [-0.1, -0.05) is 12.8 Å². The second-order valence-corrected chi connectivity index (χ2v) is 6.67. The lowest BCUT2D eigenvalue weighted by molar-refractivity contribution is -0.137. The van der Waals surface area contributed by atoms with Crippen LogP contribution in [0.4, 0.5) is 0 Å². The number of hydroxylamine groups is 1. The number of imide groups is 1. The van der Waals surface area contributed by atoms with Crippen molar-refractivity contribution in [2.45, 2.75) is 38.5 Å². The first kappa shape index (κ1) is 22.2. The molecule has 0 atom stereocenters. The summed E-state index contributed by atoms with van der Waals surface area (Å²) in [5, 5.41) is 18.4. The minimum atomic E-state index is -0.424. The number of unbranched alkanes of at least 4 members (excludes halogenated alkanes) is 3. The van der Waals surface area contributed by atoms with Gasteiger partial charge in [0.15, 0.2) is 11.5 Å². The van der Waals surface area contributed by atoms with Crippen molar-refractivity contribution < 1.29 is 34.2 Å². The van der Waals surface area contributed by atoms with Gasteiger partial charge in [0.2, 0.25) is 17.6 Å². The van der Waals surface area contributed by atoms with E-state index in [4.69, 9.17) is 14.7 Å². The van der Waals surface area contributed by atoms with E-state index >= 15 is 0 Å². The molecule has 0 radical (unpaired) electrons. The van der Waals surface area contributed by atoms with Crippen molar-refractivity contribution in [3.05, 3.63) is 23.3 Å². The van der Waals surface area contributed by atoms with Gasteiger partial charge >= 0.3 is 0 Å². The lowest BCUT2D eigenvalue weighted by Crippen LogP contribution is -2.30. The van der Waals surface area contributed by atoms with Crippen LogP contribution >= 0.6 is 0 Å². The predicted octanol–water partition coefficient (Wildman–Crippen LogP) is 2.01. The number of likely N-dealkylation sites (tertiary alicyclic amines) is 1. The molecule has 0 aromatic heterocycles. The Bertz CT molecular complexity index is 779. The number of nitrogens with one attached hydrogen (secondary N) is 1. The lowest BCUT2D eigenvalue weighted by Gasteiger charge is -2.13.